The number of amides is 1. The number of benzene rings is 1. The van der Waals surface area contributed by atoms with Gasteiger partial charge in [0.05, 0.1) is 10.8 Å². The number of hydrogen-bond acceptors (Lipinski definition) is 4. The van der Waals surface area contributed by atoms with Gasteiger partial charge in [-0.15, -0.1) is 0 Å². The number of carboxylic acids is 1. The quantitative estimate of drug-likeness (QED) is 0.741. The number of fused-ring (bicyclic) bond motifs is 1. The van der Waals surface area contributed by atoms with E-state index in [9.17, 15) is 19.5 Å². The Morgan fingerprint density at radius 1 is 1.19 bits per heavy atom. The molecule has 0 saturated carbocycles. The summed E-state index contributed by atoms with van der Waals surface area (Å²) in [6.07, 6.45) is 0.806. The van der Waals surface area contributed by atoms with E-state index in [2.05, 4.69) is 10.4 Å². The van der Waals surface area contributed by atoms with Crippen LogP contribution in [-0.4, -0.2) is 33.3 Å². The minimum Gasteiger partial charge on any atom is -0.481 e. The van der Waals surface area contributed by atoms with Gasteiger partial charge in [-0.2, -0.15) is 5.10 Å². The number of nitrogens with zero attached hydrogens (tertiary/aromatic N) is 2. The first kappa shape index (κ1) is 20.6. The third-order valence-corrected chi connectivity index (χ3v) is 5.02. The maximum absolute atomic E-state index is 12.8. The Balaban J connectivity index is 2.45. The molecule has 0 spiro atoms. The average Bonchev–Trinajstić information content (AvgIpc) is 2.64. The summed E-state index contributed by atoms with van der Waals surface area (Å²) in [6, 6.07) is 6.84. The average molecular weight is 373 g/mol. The molecule has 1 aromatic heterocycles. The van der Waals surface area contributed by atoms with E-state index in [0.717, 1.165) is 0 Å². The van der Waals surface area contributed by atoms with Crippen LogP contribution in [0.3, 0.4) is 0 Å². The van der Waals surface area contributed by atoms with Gasteiger partial charge in [-0.3, -0.25) is 14.4 Å². The van der Waals surface area contributed by atoms with Gasteiger partial charge in [0.2, 0.25) is 0 Å². The number of nitrogens with one attached hydrogen (secondary N) is 1. The molecule has 1 heterocycles. The van der Waals surface area contributed by atoms with Crippen molar-refractivity contribution in [1.29, 1.82) is 0 Å². The maximum Gasteiger partial charge on any atom is 0.311 e. The Morgan fingerprint density at radius 2 is 1.78 bits per heavy atom. The first-order valence-corrected chi connectivity index (χ1v) is 9.27. The highest BCUT2D eigenvalue weighted by molar-refractivity contribution is 6.04. The molecule has 0 aliphatic rings. The van der Waals surface area contributed by atoms with Crippen molar-refractivity contribution in [3.05, 3.63) is 40.3 Å². The maximum atomic E-state index is 12.8. The Bertz CT molecular complexity index is 898. The van der Waals surface area contributed by atoms with E-state index in [-0.39, 0.29) is 23.7 Å². The van der Waals surface area contributed by atoms with Crippen molar-refractivity contribution in [1.82, 2.24) is 15.1 Å². The van der Waals surface area contributed by atoms with Crippen LogP contribution in [0.2, 0.25) is 0 Å². The van der Waals surface area contributed by atoms with E-state index in [0.29, 0.717) is 30.2 Å². The first-order chi connectivity index (χ1) is 12.8. The molecule has 0 fully saturated rings. The molecule has 0 aliphatic heterocycles. The van der Waals surface area contributed by atoms with Crippen LogP contribution < -0.4 is 10.9 Å². The van der Waals surface area contributed by atoms with Crippen LogP contribution in [0.15, 0.2) is 29.1 Å². The molecule has 7 heteroatoms. The minimum atomic E-state index is -1.02. The number of aromatic nitrogens is 2. The lowest BCUT2D eigenvalue weighted by molar-refractivity contribution is -0.149. The molecule has 0 saturated heterocycles. The highest BCUT2D eigenvalue weighted by Gasteiger charge is 2.35. The molecule has 0 aliphatic carbocycles. The Labute approximate surface area is 158 Å². The minimum absolute atomic E-state index is 0.00742. The molecule has 2 rings (SSSR count). The van der Waals surface area contributed by atoms with Gasteiger partial charge in [0.25, 0.3) is 11.5 Å². The predicted molar refractivity (Wildman–Crippen MR) is 104 cm³/mol. The number of carboxylic acid groups (broad SMARTS) is 1. The molecule has 27 heavy (non-hydrogen) atoms. The van der Waals surface area contributed by atoms with Crippen molar-refractivity contribution in [3.8, 4) is 0 Å². The molecule has 0 unspecified atom stereocenters. The van der Waals surface area contributed by atoms with Gasteiger partial charge in [-0.25, -0.2) is 4.68 Å². The van der Waals surface area contributed by atoms with Crippen molar-refractivity contribution in [2.75, 3.05) is 6.54 Å². The van der Waals surface area contributed by atoms with Crippen molar-refractivity contribution < 1.29 is 14.7 Å². The van der Waals surface area contributed by atoms with Crippen molar-refractivity contribution in [3.63, 3.8) is 0 Å². The predicted octanol–water partition coefficient (Wildman–Crippen LogP) is 2.67. The fraction of sp³-hybridized carbons (Fsp3) is 0.500. The molecular formula is C20H27N3O4. The van der Waals surface area contributed by atoms with Crippen LogP contribution in [-0.2, 0) is 11.3 Å². The van der Waals surface area contributed by atoms with Gasteiger partial charge in [0.15, 0.2) is 5.69 Å². The lowest BCUT2D eigenvalue weighted by Gasteiger charge is -2.26. The Kier molecular flexibility index (Phi) is 6.36. The highest BCUT2D eigenvalue weighted by Crippen LogP contribution is 2.26. The largest absolute Gasteiger partial charge is 0.481 e. The zero-order chi connectivity index (χ0) is 20.2. The van der Waals surface area contributed by atoms with Crippen LogP contribution in [0, 0.1) is 11.3 Å². The molecular weight excluding hydrogens is 346 g/mol. The molecule has 0 radical (unpaired) electrons. The smallest absolute Gasteiger partial charge is 0.311 e. The summed E-state index contributed by atoms with van der Waals surface area (Å²) in [5, 5.41) is 17.4. The van der Waals surface area contributed by atoms with Crippen LogP contribution in [0.5, 0.6) is 0 Å². The molecule has 2 aromatic rings. The first-order valence-electron chi connectivity index (χ1n) is 9.27. The second-order valence-corrected chi connectivity index (χ2v) is 7.25. The third kappa shape index (κ3) is 4.18. The molecule has 1 aromatic carbocycles. The van der Waals surface area contributed by atoms with E-state index in [1.54, 1.807) is 38.1 Å². The summed E-state index contributed by atoms with van der Waals surface area (Å²) in [6.45, 7) is 7.92. The molecule has 146 valence electrons. The SMILES string of the molecule is CCC(CC)(CNC(=O)c1nn(CC(C)C)c(=O)c2ccccc12)C(=O)O. The Morgan fingerprint density at radius 3 is 2.30 bits per heavy atom. The zero-order valence-electron chi connectivity index (χ0n) is 16.3. The lowest BCUT2D eigenvalue weighted by Crippen LogP contribution is -2.43. The standard InChI is InChI=1S/C20H27N3O4/c1-5-20(6-2,19(26)27)12-21-17(24)16-14-9-7-8-10-15(14)18(25)23(22-16)11-13(3)4/h7-10,13H,5-6,11-12H2,1-4H3,(H,21,24)(H,26,27). The fourth-order valence-corrected chi connectivity index (χ4v) is 3.08. The van der Waals surface area contributed by atoms with Crippen molar-refractivity contribution in [2.24, 2.45) is 11.3 Å². The Hall–Kier alpha value is -2.70. The van der Waals surface area contributed by atoms with Crippen LogP contribution in [0.25, 0.3) is 10.8 Å². The number of rotatable bonds is 8. The summed E-state index contributed by atoms with van der Waals surface area (Å²) in [5.41, 5.74) is -1.12. The van der Waals surface area contributed by atoms with Crippen LogP contribution in [0.4, 0.5) is 0 Å². The van der Waals surface area contributed by atoms with Gasteiger partial charge >= 0.3 is 5.97 Å². The summed E-state index contributed by atoms with van der Waals surface area (Å²) < 4.78 is 1.31. The zero-order valence-corrected chi connectivity index (χ0v) is 16.3. The second-order valence-electron chi connectivity index (χ2n) is 7.25. The van der Waals surface area contributed by atoms with Crippen LogP contribution >= 0.6 is 0 Å². The third-order valence-electron chi connectivity index (χ3n) is 5.02. The van der Waals surface area contributed by atoms with Gasteiger partial charge < -0.3 is 10.4 Å². The normalized spacial score (nSPS) is 11.7. The fourth-order valence-electron chi connectivity index (χ4n) is 3.08. The van der Waals surface area contributed by atoms with E-state index in [1.807, 2.05) is 13.8 Å². The van der Waals surface area contributed by atoms with E-state index in [1.165, 1.54) is 4.68 Å². The number of carbonyl (C=O) groups excluding carboxylic acids is 1. The van der Waals surface area contributed by atoms with Crippen molar-refractivity contribution in [2.45, 2.75) is 47.1 Å². The number of carbonyl (C=O) groups is 2. The van der Waals surface area contributed by atoms with Gasteiger partial charge in [-0.05, 0) is 24.8 Å². The molecule has 2 N–H and O–H groups in total. The van der Waals surface area contributed by atoms with E-state index >= 15 is 0 Å². The van der Waals surface area contributed by atoms with E-state index < -0.39 is 17.3 Å². The molecule has 1 amide bonds. The number of aliphatic carboxylic acids is 1. The van der Waals surface area contributed by atoms with E-state index in [4.69, 9.17) is 0 Å². The summed E-state index contributed by atoms with van der Waals surface area (Å²) in [7, 11) is 0. The van der Waals surface area contributed by atoms with Gasteiger partial charge in [0, 0.05) is 18.5 Å². The summed E-state index contributed by atoms with van der Waals surface area (Å²) >= 11 is 0. The molecule has 7 nitrogen and oxygen atoms in total. The summed E-state index contributed by atoms with van der Waals surface area (Å²) in [4.78, 5) is 37.1. The van der Waals surface area contributed by atoms with Gasteiger partial charge in [-0.1, -0.05) is 45.9 Å². The van der Waals surface area contributed by atoms with Crippen LogP contribution in [0.1, 0.15) is 51.0 Å². The monoisotopic (exact) mass is 373 g/mol. The topological polar surface area (TPSA) is 101 Å². The molecule has 0 bridgehead atoms. The highest BCUT2D eigenvalue weighted by atomic mass is 16.4. The van der Waals surface area contributed by atoms with Gasteiger partial charge in [0.1, 0.15) is 0 Å². The number of hydrogen-bond donors (Lipinski definition) is 2. The summed E-state index contributed by atoms with van der Waals surface area (Å²) in [5.74, 6) is -1.22. The van der Waals surface area contributed by atoms with Crippen molar-refractivity contribution >= 4 is 22.6 Å². The lowest BCUT2D eigenvalue weighted by atomic mass is 9.82. The molecule has 0 atom stereocenters. The second kappa shape index (κ2) is 8.33.